The monoisotopic (exact) mass is 278 g/mol. The van der Waals surface area contributed by atoms with Crippen LogP contribution in [0.1, 0.15) is 29.8 Å². The average Bonchev–Trinajstić information content (AvgIpc) is 2.34. The number of anilines is 1. The highest BCUT2D eigenvalue weighted by molar-refractivity contribution is 5.96. The number of nitrogen functional groups attached to an aromatic ring is 1. The summed E-state index contributed by atoms with van der Waals surface area (Å²) in [6.45, 7) is 7.74. The van der Waals surface area contributed by atoms with Gasteiger partial charge in [-0.15, -0.1) is 0 Å². The van der Waals surface area contributed by atoms with Crippen molar-refractivity contribution in [2.75, 3.05) is 32.6 Å². The zero-order chi connectivity index (χ0) is 15.3. The number of hydrogen-bond donors (Lipinski definition) is 3. The molecule has 5 heteroatoms. The van der Waals surface area contributed by atoms with Crippen molar-refractivity contribution in [1.82, 2.24) is 10.2 Å². The van der Waals surface area contributed by atoms with Gasteiger partial charge in [0.1, 0.15) is 0 Å². The van der Waals surface area contributed by atoms with Gasteiger partial charge in [0.2, 0.25) is 0 Å². The Morgan fingerprint density at radius 2 is 2.00 bits per heavy atom. The fraction of sp³-hybridized carbons (Fsp3) is 0.533. The van der Waals surface area contributed by atoms with Gasteiger partial charge in [0.05, 0.1) is 0 Å². The number of benzene rings is 1. The number of aryl methyl sites for hydroxylation is 1. The predicted octanol–water partition coefficient (Wildman–Crippen LogP) is 1.60. The fourth-order valence-corrected chi connectivity index (χ4v) is 2.33. The minimum absolute atomic E-state index is 0.0336. The maximum absolute atomic E-state index is 12.2. The number of rotatable bonds is 6. The predicted molar refractivity (Wildman–Crippen MR) is 83.7 cm³/mol. The molecule has 4 N–H and O–H groups in total. The third kappa shape index (κ3) is 4.83. The minimum atomic E-state index is -0.0436. The molecule has 0 saturated carbocycles. The standard InChI is InChI=1S/C15H26N4O/c1-11-8-12(18-16)6-7-13(11)14(20)17-9-15(2,3)10-19(4)5/h6-8,18H,9-10,16H2,1-5H3,(H,17,20). The summed E-state index contributed by atoms with van der Waals surface area (Å²) in [6, 6.07) is 5.45. The van der Waals surface area contributed by atoms with Crippen LogP contribution in [0.2, 0.25) is 0 Å². The van der Waals surface area contributed by atoms with Crippen LogP contribution in [-0.4, -0.2) is 38.0 Å². The Balaban J connectivity index is 2.68. The lowest BCUT2D eigenvalue weighted by molar-refractivity contribution is 0.0928. The second-order valence-electron chi connectivity index (χ2n) is 6.26. The van der Waals surface area contributed by atoms with Gasteiger partial charge in [0.25, 0.3) is 5.91 Å². The van der Waals surface area contributed by atoms with E-state index in [-0.39, 0.29) is 11.3 Å². The van der Waals surface area contributed by atoms with E-state index in [1.807, 2.05) is 27.1 Å². The molecule has 1 aromatic rings. The van der Waals surface area contributed by atoms with Crippen LogP contribution in [0.4, 0.5) is 5.69 Å². The maximum Gasteiger partial charge on any atom is 0.251 e. The van der Waals surface area contributed by atoms with Gasteiger partial charge in [-0.05, 0) is 50.2 Å². The van der Waals surface area contributed by atoms with Gasteiger partial charge in [-0.2, -0.15) is 0 Å². The number of nitrogens with two attached hydrogens (primary N) is 1. The van der Waals surface area contributed by atoms with Crippen LogP contribution in [0.15, 0.2) is 18.2 Å². The van der Waals surface area contributed by atoms with E-state index in [0.29, 0.717) is 12.1 Å². The lowest BCUT2D eigenvalue weighted by Crippen LogP contribution is -2.40. The molecule has 0 fully saturated rings. The van der Waals surface area contributed by atoms with Gasteiger partial charge in [-0.1, -0.05) is 13.8 Å². The second kappa shape index (κ2) is 6.72. The number of nitrogens with zero attached hydrogens (tertiary/aromatic N) is 1. The third-order valence-electron chi connectivity index (χ3n) is 3.11. The largest absolute Gasteiger partial charge is 0.351 e. The van der Waals surface area contributed by atoms with E-state index in [4.69, 9.17) is 5.84 Å². The summed E-state index contributed by atoms with van der Waals surface area (Å²) < 4.78 is 0. The van der Waals surface area contributed by atoms with E-state index < -0.39 is 0 Å². The van der Waals surface area contributed by atoms with Gasteiger partial charge < -0.3 is 15.6 Å². The number of hydrogen-bond acceptors (Lipinski definition) is 4. The molecule has 0 heterocycles. The highest BCUT2D eigenvalue weighted by Gasteiger charge is 2.20. The molecular weight excluding hydrogens is 252 g/mol. The van der Waals surface area contributed by atoms with Gasteiger partial charge in [-0.25, -0.2) is 0 Å². The SMILES string of the molecule is Cc1cc(NN)ccc1C(=O)NCC(C)(C)CN(C)C. The summed E-state index contributed by atoms with van der Waals surface area (Å²) in [4.78, 5) is 14.3. The Hall–Kier alpha value is -1.59. The zero-order valence-corrected chi connectivity index (χ0v) is 13.1. The minimum Gasteiger partial charge on any atom is -0.351 e. The van der Waals surface area contributed by atoms with Crippen LogP contribution in [0.3, 0.4) is 0 Å². The van der Waals surface area contributed by atoms with Crippen molar-refractivity contribution < 1.29 is 4.79 Å². The molecule has 1 rings (SSSR count). The lowest BCUT2D eigenvalue weighted by Gasteiger charge is -2.28. The summed E-state index contributed by atoms with van der Waals surface area (Å²) in [6.07, 6.45) is 0. The molecule has 112 valence electrons. The van der Waals surface area contributed by atoms with Crippen molar-refractivity contribution >= 4 is 11.6 Å². The van der Waals surface area contributed by atoms with Crippen molar-refractivity contribution in [1.29, 1.82) is 0 Å². The van der Waals surface area contributed by atoms with Gasteiger partial charge in [0, 0.05) is 24.3 Å². The summed E-state index contributed by atoms with van der Waals surface area (Å²) in [7, 11) is 4.07. The highest BCUT2D eigenvalue weighted by atomic mass is 16.1. The average molecular weight is 278 g/mol. The van der Waals surface area contributed by atoms with Crippen LogP contribution >= 0.6 is 0 Å². The topological polar surface area (TPSA) is 70.4 Å². The molecule has 0 radical (unpaired) electrons. The summed E-state index contributed by atoms with van der Waals surface area (Å²) >= 11 is 0. The highest BCUT2D eigenvalue weighted by Crippen LogP contribution is 2.17. The quantitative estimate of drug-likeness (QED) is 0.546. The molecule has 0 aromatic heterocycles. The molecule has 1 amide bonds. The first-order chi connectivity index (χ1) is 9.25. The first kappa shape index (κ1) is 16.5. The Labute approximate surface area is 121 Å². The molecule has 1 aromatic carbocycles. The number of amides is 1. The molecule has 0 aliphatic rings. The Kier molecular flexibility index (Phi) is 5.53. The Bertz CT molecular complexity index is 469. The summed E-state index contributed by atoms with van der Waals surface area (Å²) in [5.74, 6) is 5.31. The summed E-state index contributed by atoms with van der Waals surface area (Å²) in [5.41, 5.74) is 5.00. The maximum atomic E-state index is 12.2. The van der Waals surface area contributed by atoms with E-state index in [9.17, 15) is 4.79 Å². The van der Waals surface area contributed by atoms with Crippen molar-refractivity contribution in [2.45, 2.75) is 20.8 Å². The van der Waals surface area contributed by atoms with Crippen LogP contribution in [0.25, 0.3) is 0 Å². The molecule has 0 atom stereocenters. The number of carbonyl (C=O) groups excluding carboxylic acids is 1. The molecule has 5 nitrogen and oxygen atoms in total. The molecule has 0 spiro atoms. The van der Waals surface area contributed by atoms with E-state index in [1.165, 1.54) is 0 Å². The van der Waals surface area contributed by atoms with E-state index in [2.05, 4.69) is 29.5 Å². The van der Waals surface area contributed by atoms with Gasteiger partial charge in [0.15, 0.2) is 0 Å². The number of hydrazine groups is 1. The van der Waals surface area contributed by atoms with Crippen LogP contribution in [-0.2, 0) is 0 Å². The molecule has 20 heavy (non-hydrogen) atoms. The van der Waals surface area contributed by atoms with Crippen LogP contribution in [0, 0.1) is 12.3 Å². The Morgan fingerprint density at radius 1 is 1.35 bits per heavy atom. The third-order valence-corrected chi connectivity index (χ3v) is 3.11. The van der Waals surface area contributed by atoms with Crippen molar-refractivity contribution in [2.24, 2.45) is 11.3 Å². The molecule has 0 bridgehead atoms. The fourth-order valence-electron chi connectivity index (χ4n) is 2.33. The van der Waals surface area contributed by atoms with Crippen LogP contribution in [0.5, 0.6) is 0 Å². The van der Waals surface area contributed by atoms with Crippen molar-refractivity contribution in [3.8, 4) is 0 Å². The van der Waals surface area contributed by atoms with Crippen LogP contribution < -0.4 is 16.6 Å². The smallest absolute Gasteiger partial charge is 0.251 e. The molecule has 0 saturated heterocycles. The van der Waals surface area contributed by atoms with Crippen molar-refractivity contribution in [3.05, 3.63) is 29.3 Å². The molecule has 0 aliphatic heterocycles. The zero-order valence-electron chi connectivity index (χ0n) is 13.1. The Morgan fingerprint density at radius 3 is 2.50 bits per heavy atom. The van der Waals surface area contributed by atoms with Gasteiger partial charge in [-0.3, -0.25) is 10.6 Å². The van der Waals surface area contributed by atoms with E-state index in [1.54, 1.807) is 12.1 Å². The summed E-state index contributed by atoms with van der Waals surface area (Å²) in [5, 5.41) is 3.01. The first-order valence-electron chi connectivity index (χ1n) is 6.75. The second-order valence-corrected chi connectivity index (χ2v) is 6.26. The molecular formula is C15H26N4O. The van der Waals surface area contributed by atoms with Gasteiger partial charge >= 0.3 is 0 Å². The van der Waals surface area contributed by atoms with Crippen molar-refractivity contribution in [3.63, 3.8) is 0 Å². The molecule has 0 unspecified atom stereocenters. The number of nitrogens with one attached hydrogen (secondary N) is 2. The van der Waals surface area contributed by atoms with E-state index in [0.717, 1.165) is 17.8 Å². The lowest BCUT2D eigenvalue weighted by atomic mass is 9.92. The molecule has 0 aliphatic carbocycles. The first-order valence-corrected chi connectivity index (χ1v) is 6.75. The number of carbonyl (C=O) groups is 1. The van der Waals surface area contributed by atoms with E-state index >= 15 is 0 Å². The normalized spacial score (nSPS) is 11.6.